The van der Waals surface area contributed by atoms with Gasteiger partial charge in [0.15, 0.2) is 5.60 Å². The van der Waals surface area contributed by atoms with Gasteiger partial charge in [-0.3, -0.25) is 0 Å². The molecule has 0 rings (SSSR count). The van der Waals surface area contributed by atoms with E-state index in [4.69, 9.17) is 15.2 Å². The SMILES string of the molecule is CC(C)(O)C(C)(OB(O)O)C(=O)O. The molecular weight excluding hydrogens is 179 g/mol. The van der Waals surface area contributed by atoms with Crippen LogP contribution in [-0.4, -0.2) is 44.8 Å². The Labute approximate surface area is 75.9 Å². The van der Waals surface area contributed by atoms with E-state index in [0.29, 0.717) is 0 Å². The standard InChI is InChI=1S/C6H13BO6/c1-5(2,10)6(3,4(8)9)13-7(11)12/h10-12H,1-3H3,(H,8,9). The number of aliphatic hydroxyl groups is 1. The van der Waals surface area contributed by atoms with Crippen molar-refractivity contribution in [2.24, 2.45) is 0 Å². The van der Waals surface area contributed by atoms with Crippen molar-refractivity contribution in [1.29, 1.82) is 0 Å². The highest BCUT2D eigenvalue weighted by atomic mass is 16.6. The topological polar surface area (TPSA) is 107 Å². The van der Waals surface area contributed by atoms with Crippen molar-refractivity contribution in [3.05, 3.63) is 0 Å². The van der Waals surface area contributed by atoms with Crippen LogP contribution in [-0.2, 0) is 9.45 Å². The molecule has 0 radical (unpaired) electrons. The third-order valence-corrected chi connectivity index (χ3v) is 1.92. The second-order valence-corrected chi connectivity index (χ2v) is 3.34. The van der Waals surface area contributed by atoms with Crippen LogP contribution in [0.25, 0.3) is 0 Å². The Kier molecular flexibility index (Phi) is 3.45. The molecular formula is C6H13BO6. The summed E-state index contributed by atoms with van der Waals surface area (Å²) in [5, 5.41) is 35.1. The van der Waals surface area contributed by atoms with Gasteiger partial charge in [0.25, 0.3) is 0 Å². The van der Waals surface area contributed by atoms with Crippen molar-refractivity contribution in [3.8, 4) is 0 Å². The van der Waals surface area contributed by atoms with Gasteiger partial charge in [-0.25, -0.2) is 4.79 Å². The summed E-state index contributed by atoms with van der Waals surface area (Å²) < 4.78 is 4.33. The van der Waals surface area contributed by atoms with E-state index in [2.05, 4.69) is 4.65 Å². The first kappa shape index (κ1) is 12.4. The third kappa shape index (κ3) is 2.66. The van der Waals surface area contributed by atoms with E-state index in [-0.39, 0.29) is 0 Å². The predicted molar refractivity (Wildman–Crippen MR) is 43.6 cm³/mol. The van der Waals surface area contributed by atoms with E-state index < -0.39 is 24.5 Å². The van der Waals surface area contributed by atoms with Gasteiger partial charge >= 0.3 is 13.3 Å². The fraction of sp³-hybridized carbons (Fsp3) is 0.833. The van der Waals surface area contributed by atoms with E-state index >= 15 is 0 Å². The van der Waals surface area contributed by atoms with Crippen LogP contribution in [0.3, 0.4) is 0 Å². The van der Waals surface area contributed by atoms with Gasteiger partial charge in [0.2, 0.25) is 0 Å². The molecule has 1 atom stereocenters. The Morgan fingerprint density at radius 1 is 1.31 bits per heavy atom. The number of carboxylic acid groups (broad SMARTS) is 1. The van der Waals surface area contributed by atoms with E-state index in [1.165, 1.54) is 13.8 Å². The van der Waals surface area contributed by atoms with Gasteiger partial charge in [0.1, 0.15) is 0 Å². The van der Waals surface area contributed by atoms with Crippen LogP contribution < -0.4 is 0 Å². The largest absolute Gasteiger partial charge is 0.634 e. The number of rotatable bonds is 4. The minimum Gasteiger partial charge on any atom is -0.479 e. The molecule has 0 fully saturated rings. The fourth-order valence-corrected chi connectivity index (χ4v) is 0.667. The smallest absolute Gasteiger partial charge is 0.479 e. The summed E-state index contributed by atoms with van der Waals surface area (Å²) in [6.07, 6.45) is 0. The highest BCUT2D eigenvalue weighted by Crippen LogP contribution is 2.26. The molecule has 7 heteroatoms. The molecule has 0 amide bonds. The average molecular weight is 192 g/mol. The van der Waals surface area contributed by atoms with Gasteiger partial charge in [-0.05, 0) is 20.8 Å². The van der Waals surface area contributed by atoms with Gasteiger partial charge in [0.05, 0.1) is 5.60 Å². The summed E-state index contributed by atoms with van der Waals surface area (Å²) in [6.45, 7) is 3.45. The Morgan fingerprint density at radius 2 is 1.69 bits per heavy atom. The minimum atomic E-state index is -2.24. The molecule has 0 spiro atoms. The lowest BCUT2D eigenvalue weighted by Gasteiger charge is -2.36. The molecule has 0 aromatic heterocycles. The second-order valence-electron chi connectivity index (χ2n) is 3.34. The van der Waals surface area contributed by atoms with Gasteiger partial charge in [-0.1, -0.05) is 0 Å². The predicted octanol–water partition coefficient (Wildman–Crippen LogP) is -1.41. The maximum absolute atomic E-state index is 10.7. The molecule has 0 aliphatic carbocycles. The molecule has 0 saturated carbocycles. The summed E-state index contributed by atoms with van der Waals surface area (Å²) >= 11 is 0. The molecule has 6 nitrogen and oxygen atoms in total. The first-order chi connectivity index (χ1) is 5.61. The van der Waals surface area contributed by atoms with E-state index in [1.807, 2.05) is 0 Å². The van der Waals surface area contributed by atoms with Crippen LogP contribution in [0.2, 0.25) is 0 Å². The van der Waals surface area contributed by atoms with Crippen molar-refractivity contribution in [1.82, 2.24) is 0 Å². The van der Waals surface area contributed by atoms with Crippen LogP contribution in [0.5, 0.6) is 0 Å². The summed E-state index contributed by atoms with van der Waals surface area (Å²) in [6, 6.07) is 0. The molecule has 76 valence electrons. The minimum absolute atomic E-state index is 1.05. The average Bonchev–Trinajstić information content (AvgIpc) is 1.82. The normalized spacial score (nSPS) is 16.5. The first-order valence-electron chi connectivity index (χ1n) is 3.61. The maximum Gasteiger partial charge on any atom is 0.634 e. The van der Waals surface area contributed by atoms with Crippen LogP contribution in [0.4, 0.5) is 0 Å². The van der Waals surface area contributed by atoms with Crippen molar-refractivity contribution in [2.75, 3.05) is 0 Å². The molecule has 1 unspecified atom stereocenters. The second kappa shape index (κ2) is 3.63. The van der Waals surface area contributed by atoms with Crippen LogP contribution in [0.1, 0.15) is 20.8 Å². The Hall–Kier alpha value is -0.625. The van der Waals surface area contributed by atoms with Crippen LogP contribution in [0, 0.1) is 0 Å². The molecule has 0 aromatic carbocycles. The number of carbonyl (C=O) groups is 1. The quantitative estimate of drug-likeness (QED) is 0.407. The summed E-state index contributed by atoms with van der Waals surface area (Å²) in [5.41, 5.74) is -3.80. The zero-order valence-corrected chi connectivity index (χ0v) is 7.68. The Morgan fingerprint density at radius 3 is 1.77 bits per heavy atom. The van der Waals surface area contributed by atoms with Crippen LogP contribution >= 0.6 is 0 Å². The lowest BCUT2D eigenvalue weighted by atomic mass is 9.86. The van der Waals surface area contributed by atoms with Gasteiger partial charge in [0, 0.05) is 0 Å². The third-order valence-electron chi connectivity index (χ3n) is 1.92. The van der Waals surface area contributed by atoms with Gasteiger partial charge in [-0.15, -0.1) is 0 Å². The molecule has 0 aliphatic heterocycles. The monoisotopic (exact) mass is 192 g/mol. The lowest BCUT2D eigenvalue weighted by Crippen LogP contribution is -2.58. The summed E-state index contributed by atoms with van der Waals surface area (Å²) in [5.74, 6) is -1.48. The number of aliphatic carboxylic acids is 1. The molecule has 13 heavy (non-hydrogen) atoms. The molecule has 0 aromatic rings. The van der Waals surface area contributed by atoms with E-state index in [9.17, 15) is 9.90 Å². The van der Waals surface area contributed by atoms with Crippen molar-refractivity contribution >= 4 is 13.3 Å². The zero-order valence-electron chi connectivity index (χ0n) is 7.68. The van der Waals surface area contributed by atoms with Crippen molar-refractivity contribution in [3.63, 3.8) is 0 Å². The highest BCUT2D eigenvalue weighted by Gasteiger charge is 2.50. The Bertz CT molecular complexity index is 198. The number of carboxylic acids is 1. The fourth-order valence-electron chi connectivity index (χ4n) is 0.667. The number of hydrogen-bond acceptors (Lipinski definition) is 5. The molecule has 4 N–H and O–H groups in total. The maximum atomic E-state index is 10.7. The summed E-state index contributed by atoms with van der Waals surface area (Å²) in [4.78, 5) is 10.7. The molecule has 0 bridgehead atoms. The van der Waals surface area contributed by atoms with E-state index in [0.717, 1.165) is 6.92 Å². The molecule has 0 aliphatic rings. The zero-order chi connectivity index (χ0) is 10.9. The van der Waals surface area contributed by atoms with Crippen LogP contribution in [0.15, 0.2) is 0 Å². The van der Waals surface area contributed by atoms with Gasteiger partial charge in [-0.2, -0.15) is 0 Å². The van der Waals surface area contributed by atoms with E-state index in [1.54, 1.807) is 0 Å². The number of hydrogen-bond donors (Lipinski definition) is 4. The van der Waals surface area contributed by atoms with Crippen molar-refractivity contribution in [2.45, 2.75) is 32.0 Å². The summed E-state index contributed by atoms with van der Waals surface area (Å²) in [7, 11) is -2.24. The lowest BCUT2D eigenvalue weighted by molar-refractivity contribution is -0.180. The highest BCUT2D eigenvalue weighted by molar-refractivity contribution is 6.33. The Balaban J connectivity index is 4.85. The van der Waals surface area contributed by atoms with Gasteiger partial charge < -0.3 is 24.9 Å². The first-order valence-corrected chi connectivity index (χ1v) is 3.61. The molecule has 0 heterocycles. The molecule has 0 saturated heterocycles. The van der Waals surface area contributed by atoms with Crippen molar-refractivity contribution < 1.29 is 29.7 Å².